The van der Waals surface area contributed by atoms with Gasteiger partial charge in [-0.25, -0.2) is 0 Å². The molecule has 1 aliphatic rings. The van der Waals surface area contributed by atoms with Crippen molar-refractivity contribution in [3.05, 3.63) is 28.2 Å². The Morgan fingerprint density at radius 1 is 1.41 bits per heavy atom. The molecule has 1 fully saturated rings. The summed E-state index contributed by atoms with van der Waals surface area (Å²) in [6.45, 7) is 6.39. The van der Waals surface area contributed by atoms with E-state index in [2.05, 4.69) is 17.1 Å². The van der Waals surface area contributed by atoms with Gasteiger partial charge in [-0.2, -0.15) is 0 Å². The molecule has 0 radical (unpaired) electrons. The van der Waals surface area contributed by atoms with Gasteiger partial charge in [0.2, 0.25) is 0 Å². The second-order valence-corrected chi connectivity index (χ2v) is 5.35. The third-order valence-corrected chi connectivity index (χ3v) is 3.77. The van der Waals surface area contributed by atoms with E-state index in [1.54, 1.807) is 0 Å². The van der Waals surface area contributed by atoms with Crippen molar-refractivity contribution < 1.29 is 0 Å². The highest BCUT2D eigenvalue weighted by Gasteiger charge is 2.23. The molecule has 0 saturated carbocycles. The van der Waals surface area contributed by atoms with Crippen LogP contribution in [0.3, 0.4) is 0 Å². The standard InChI is InChI=1S/C13H18Cl2N2/c1-2-16-8-10-5-6-17(9-10)13-7-11(14)3-4-12(13)15/h3-4,7,10,16H,2,5-6,8-9H2,1H3. The molecule has 0 spiro atoms. The number of nitrogens with one attached hydrogen (secondary N) is 1. The molecular weight excluding hydrogens is 255 g/mol. The first-order valence-corrected chi connectivity index (χ1v) is 6.87. The van der Waals surface area contributed by atoms with Crippen molar-refractivity contribution in [3.63, 3.8) is 0 Å². The minimum absolute atomic E-state index is 0.713. The molecule has 1 atom stereocenters. The molecule has 1 heterocycles. The van der Waals surface area contributed by atoms with Crippen LogP contribution in [0.4, 0.5) is 5.69 Å². The molecular formula is C13H18Cl2N2. The molecule has 1 aromatic carbocycles. The van der Waals surface area contributed by atoms with E-state index in [9.17, 15) is 0 Å². The van der Waals surface area contributed by atoms with Crippen LogP contribution in [0.15, 0.2) is 18.2 Å². The molecule has 1 aromatic rings. The summed E-state index contributed by atoms with van der Waals surface area (Å²) in [6, 6.07) is 5.66. The molecule has 0 aromatic heterocycles. The van der Waals surface area contributed by atoms with E-state index < -0.39 is 0 Å². The predicted octanol–water partition coefficient (Wildman–Crippen LogP) is 3.43. The first-order valence-electron chi connectivity index (χ1n) is 6.11. The van der Waals surface area contributed by atoms with Crippen molar-refractivity contribution in [2.75, 3.05) is 31.1 Å². The molecule has 2 rings (SSSR count). The maximum absolute atomic E-state index is 6.21. The number of hydrogen-bond acceptors (Lipinski definition) is 2. The van der Waals surface area contributed by atoms with E-state index in [0.717, 1.165) is 41.9 Å². The van der Waals surface area contributed by atoms with E-state index in [-0.39, 0.29) is 0 Å². The minimum atomic E-state index is 0.713. The Hall–Kier alpha value is -0.440. The van der Waals surface area contributed by atoms with Gasteiger partial charge < -0.3 is 10.2 Å². The van der Waals surface area contributed by atoms with Gasteiger partial charge in [0.15, 0.2) is 0 Å². The average molecular weight is 273 g/mol. The zero-order chi connectivity index (χ0) is 12.3. The van der Waals surface area contributed by atoms with Crippen LogP contribution >= 0.6 is 23.2 Å². The van der Waals surface area contributed by atoms with Crippen LogP contribution in [0.2, 0.25) is 10.0 Å². The quantitative estimate of drug-likeness (QED) is 0.904. The molecule has 94 valence electrons. The smallest absolute Gasteiger partial charge is 0.0640 e. The number of halogens is 2. The SMILES string of the molecule is CCNCC1CCN(c2cc(Cl)ccc2Cl)C1. The van der Waals surface area contributed by atoms with Gasteiger partial charge in [0.25, 0.3) is 0 Å². The highest BCUT2D eigenvalue weighted by molar-refractivity contribution is 6.35. The van der Waals surface area contributed by atoms with E-state index in [4.69, 9.17) is 23.2 Å². The lowest BCUT2D eigenvalue weighted by atomic mass is 10.1. The molecule has 1 unspecified atom stereocenters. The molecule has 0 bridgehead atoms. The maximum Gasteiger partial charge on any atom is 0.0640 e. The van der Waals surface area contributed by atoms with Crippen molar-refractivity contribution in [3.8, 4) is 0 Å². The Labute approximate surface area is 113 Å². The molecule has 1 N–H and O–H groups in total. The number of anilines is 1. The monoisotopic (exact) mass is 272 g/mol. The summed E-state index contributed by atoms with van der Waals surface area (Å²) in [4.78, 5) is 2.33. The lowest BCUT2D eigenvalue weighted by Crippen LogP contribution is -2.26. The Balaban J connectivity index is 2.02. The molecule has 1 aliphatic heterocycles. The van der Waals surface area contributed by atoms with Crippen LogP contribution in [0.25, 0.3) is 0 Å². The van der Waals surface area contributed by atoms with E-state index in [0.29, 0.717) is 5.92 Å². The van der Waals surface area contributed by atoms with Gasteiger partial charge in [0, 0.05) is 18.1 Å². The Morgan fingerprint density at radius 2 is 2.24 bits per heavy atom. The van der Waals surface area contributed by atoms with Gasteiger partial charge in [0.1, 0.15) is 0 Å². The van der Waals surface area contributed by atoms with E-state index in [1.165, 1.54) is 6.42 Å². The Bertz CT molecular complexity index is 382. The first-order chi connectivity index (χ1) is 8.20. The van der Waals surface area contributed by atoms with Crippen LogP contribution in [-0.2, 0) is 0 Å². The molecule has 1 saturated heterocycles. The third-order valence-electron chi connectivity index (χ3n) is 3.22. The maximum atomic E-state index is 6.21. The lowest BCUT2D eigenvalue weighted by molar-refractivity contribution is 0.528. The van der Waals surface area contributed by atoms with Gasteiger partial charge >= 0.3 is 0 Å². The van der Waals surface area contributed by atoms with Crippen molar-refractivity contribution in [2.24, 2.45) is 5.92 Å². The van der Waals surface area contributed by atoms with Gasteiger partial charge in [-0.1, -0.05) is 30.1 Å². The first kappa shape index (κ1) is 13.0. The number of hydrogen-bond donors (Lipinski definition) is 1. The van der Waals surface area contributed by atoms with Crippen molar-refractivity contribution in [2.45, 2.75) is 13.3 Å². The summed E-state index contributed by atoms with van der Waals surface area (Å²) in [5.74, 6) is 0.713. The molecule has 4 heteroatoms. The highest BCUT2D eigenvalue weighted by atomic mass is 35.5. The Morgan fingerprint density at radius 3 is 3.00 bits per heavy atom. The van der Waals surface area contributed by atoms with Crippen LogP contribution in [0.1, 0.15) is 13.3 Å². The summed E-state index contributed by atoms with van der Waals surface area (Å²) < 4.78 is 0. The summed E-state index contributed by atoms with van der Waals surface area (Å²) in [5, 5.41) is 4.94. The predicted molar refractivity (Wildman–Crippen MR) is 75.3 cm³/mol. The van der Waals surface area contributed by atoms with Gasteiger partial charge in [-0.15, -0.1) is 0 Å². The largest absolute Gasteiger partial charge is 0.370 e. The van der Waals surface area contributed by atoms with E-state index in [1.807, 2.05) is 18.2 Å². The van der Waals surface area contributed by atoms with Crippen molar-refractivity contribution in [1.29, 1.82) is 0 Å². The number of benzene rings is 1. The van der Waals surface area contributed by atoms with Gasteiger partial charge in [-0.05, 0) is 43.6 Å². The highest BCUT2D eigenvalue weighted by Crippen LogP contribution is 2.32. The van der Waals surface area contributed by atoms with Crippen LogP contribution in [0.5, 0.6) is 0 Å². The molecule has 2 nitrogen and oxygen atoms in total. The summed E-state index contributed by atoms with van der Waals surface area (Å²) in [7, 11) is 0. The zero-order valence-electron chi connectivity index (χ0n) is 10.0. The zero-order valence-corrected chi connectivity index (χ0v) is 11.6. The molecule has 0 aliphatic carbocycles. The minimum Gasteiger partial charge on any atom is -0.370 e. The Kier molecular flexibility index (Phi) is 4.55. The second kappa shape index (κ2) is 5.94. The third kappa shape index (κ3) is 3.27. The van der Waals surface area contributed by atoms with Gasteiger partial charge in [-0.3, -0.25) is 0 Å². The fraction of sp³-hybridized carbons (Fsp3) is 0.538. The summed E-state index contributed by atoms with van der Waals surface area (Å²) in [6.07, 6.45) is 1.22. The normalized spacial score (nSPS) is 19.9. The fourth-order valence-corrected chi connectivity index (χ4v) is 2.70. The summed E-state index contributed by atoms with van der Waals surface area (Å²) >= 11 is 12.2. The lowest BCUT2D eigenvalue weighted by Gasteiger charge is -2.20. The fourth-order valence-electron chi connectivity index (χ4n) is 2.29. The average Bonchev–Trinajstić information content (AvgIpc) is 2.78. The number of nitrogens with zero attached hydrogens (tertiary/aromatic N) is 1. The van der Waals surface area contributed by atoms with E-state index >= 15 is 0 Å². The number of rotatable bonds is 4. The van der Waals surface area contributed by atoms with Gasteiger partial charge in [0.05, 0.1) is 10.7 Å². The molecule has 17 heavy (non-hydrogen) atoms. The molecule has 0 amide bonds. The second-order valence-electron chi connectivity index (χ2n) is 4.50. The van der Waals surface area contributed by atoms with Crippen LogP contribution in [0, 0.1) is 5.92 Å². The van der Waals surface area contributed by atoms with Crippen molar-refractivity contribution >= 4 is 28.9 Å². The van der Waals surface area contributed by atoms with Crippen molar-refractivity contribution in [1.82, 2.24) is 5.32 Å². The van der Waals surface area contributed by atoms with Crippen LogP contribution in [-0.4, -0.2) is 26.2 Å². The van der Waals surface area contributed by atoms with Crippen LogP contribution < -0.4 is 10.2 Å². The topological polar surface area (TPSA) is 15.3 Å². The summed E-state index contributed by atoms with van der Waals surface area (Å²) in [5.41, 5.74) is 1.07.